The van der Waals surface area contributed by atoms with E-state index >= 15 is 0 Å². The van der Waals surface area contributed by atoms with Gasteiger partial charge in [0.2, 0.25) is 10.0 Å². The first-order valence-electron chi connectivity index (χ1n) is 10.6. The maximum Gasteiger partial charge on any atom is 0.257 e. The number of carbonyl (C=O) groups is 1. The van der Waals surface area contributed by atoms with E-state index in [1.807, 2.05) is 4.90 Å². The Morgan fingerprint density at radius 2 is 1.44 bits per heavy atom. The molecule has 2 saturated heterocycles. The number of sulfonamides is 1. The van der Waals surface area contributed by atoms with Crippen molar-refractivity contribution in [1.29, 1.82) is 0 Å². The fourth-order valence-electron chi connectivity index (χ4n) is 4.15. The Morgan fingerprint density at radius 3 is 2.12 bits per heavy atom. The summed E-state index contributed by atoms with van der Waals surface area (Å²) in [5.41, 5.74) is 0.0280. The third-order valence-electron chi connectivity index (χ3n) is 5.87. The normalized spacial score (nSPS) is 17.5. The number of piperidine rings is 1. The fourth-order valence-corrected chi connectivity index (χ4v) is 5.70. The molecule has 0 unspecified atom stereocenters. The van der Waals surface area contributed by atoms with Gasteiger partial charge in [-0.25, -0.2) is 21.6 Å². The number of rotatable bonds is 5. The molecule has 1 amide bonds. The van der Waals surface area contributed by atoms with Gasteiger partial charge in [-0.1, -0.05) is 6.42 Å². The van der Waals surface area contributed by atoms with E-state index < -0.39 is 39.1 Å². The molecule has 2 fully saturated rings. The summed E-state index contributed by atoms with van der Waals surface area (Å²) < 4.78 is 68.5. The van der Waals surface area contributed by atoms with E-state index in [0.29, 0.717) is 44.0 Å². The van der Waals surface area contributed by atoms with Crippen LogP contribution in [0.5, 0.6) is 0 Å². The van der Waals surface area contributed by atoms with Crippen LogP contribution in [0.2, 0.25) is 0 Å². The molecule has 0 radical (unpaired) electrons. The van der Waals surface area contributed by atoms with Crippen LogP contribution in [0.4, 0.5) is 24.5 Å². The molecule has 0 atom stereocenters. The number of nitrogens with one attached hydrogen (secondary N) is 1. The van der Waals surface area contributed by atoms with Crippen molar-refractivity contribution in [3.63, 3.8) is 0 Å². The van der Waals surface area contributed by atoms with Crippen LogP contribution in [0.3, 0.4) is 0 Å². The van der Waals surface area contributed by atoms with E-state index in [4.69, 9.17) is 0 Å². The molecule has 10 heteroatoms. The summed E-state index contributed by atoms with van der Waals surface area (Å²) in [6.45, 7) is 2.21. The van der Waals surface area contributed by atoms with Gasteiger partial charge in [-0.05, 0) is 43.9 Å². The number of hydrogen-bond donors (Lipinski definition) is 1. The lowest BCUT2D eigenvalue weighted by Crippen LogP contribution is -2.35. The molecule has 2 aromatic rings. The SMILES string of the molecule is O=C(Nc1cc(F)c(F)cc1F)c1cc(S(=O)(=O)N2CCCCC2)ccc1N1CCCC1. The van der Waals surface area contributed by atoms with Gasteiger partial charge in [-0.15, -0.1) is 0 Å². The minimum Gasteiger partial charge on any atom is -0.371 e. The summed E-state index contributed by atoms with van der Waals surface area (Å²) in [7, 11) is -3.80. The molecule has 1 N–H and O–H groups in total. The monoisotopic (exact) mass is 467 g/mol. The van der Waals surface area contributed by atoms with Gasteiger partial charge in [0.1, 0.15) is 5.82 Å². The predicted molar refractivity (Wildman–Crippen MR) is 115 cm³/mol. The summed E-state index contributed by atoms with van der Waals surface area (Å²) in [6.07, 6.45) is 4.36. The van der Waals surface area contributed by atoms with Gasteiger partial charge in [0.05, 0.1) is 16.1 Å². The van der Waals surface area contributed by atoms with Gasteiger partial charge < -0.3 is 10.2 Å². The standard InChI is InChI=1S/C22H24F3N3O3S/c23-17-13-19(25)20(14-18(17)24)26-22(29)16-12-15(6-7-21(16)27-8-4-5-9-27)32(30,31)28-10-2-1-3-11-28/h6-7,12-14H,1-5,8-11H2,(H,26,29). The van der Waals surface area contributed by atoms with E-state index in [0.717, 1.165) is 32.1 Å². The molecule has 2 aliphatic heterocycles. The average Bonchev–Trinajstić information content (AvgIpc) is 3.32. The van der Waals surface area contributed by atoms with Crippen LogP contribution in [0.15, 0.2) is 35.2 Å². The Balaban J connectivity index is 1.71. The number of carbonyl (C=O) groups excluding carboxylic acids is 1. The molecule has 32 heavy (non-hydrogen) atoms. The second-order valence-electron chi connectivity index (χ2n) is 8.04. The number of nitrogens with zero attached hydrogens (tertiary/aromatic N) is 2. The minimum absolute atomic E-state index is 0.0294. The second kappa shape index (κ2) is 9.11. The second-order valence-corrected chi connectivity index (χ2v) is 9.98. The highest BCUT2D eigenvalue weighted by atomic mass is 32.2. The van der Waals surface area contributed by atoms with Crippen LogP contribution in [-0.4, -0.2) is 44.8 Å². The topological polar surface area (TPSA) is 69.7 Å². The van der Waals surface area contributed by atoms with E-state index in [1.165, 1.54) is 16.4 Å². The summed E-state index contributed by atoms with van der Waals surface area (Å²) in [5.74, 6) is -4.60. The predicted octanol–water partition coefficient (Wildman–Crippen LogP) is 4.13. The van der Waals surface area contributed by atoms with Crippen molar-refractivity contribution >= 4 is 27.3 Å². The average molecular weight is 468 g/mol. The van der Waals surface area contributed by atoms with Crippen LogP contribution in [0.1, 0.15) is 42.5 Å². The van der Waals surface area contributed by atoms with Crippen molar-refractivity contribution in [2.75, 3.05) is 36.4 Å². The van der Waals surface area contributed by atoms with E-state index in [-0.39, 0.29) is 10.5 Å². The summed E-state index contributed by atoms with van der Waals surface area (Å²) >= 11 is 0. The number of benzene rings is 2. The molecule has 0 bridgehead atoms. The van der Waals surface area contributed by atoms with Gasteiger partial charge in [-0.3, -0.25) is 4.79 Å². The highest BCUT2D eigenvalue weighted by Gasteiger charge is 2.29. The van der Waals surface area contributed by atoms with Gasteiger partial charge in [-0.2, -0.15) is 4.31 Å². The zero-order valence-electron chi connectivity index (χ0n) is 17.4. The Kier molecular flexibility index (Phi) is 6.43. The van der Waals surface area contributed by atoms with Crippen molar-refractivity contribution in [2.45, 2.75) is 37.0 Å². The van der Waals surface area contributed by atoms with Crippen LogP contribution < -0.4 is 10.2 Å². The Morgan fingerprint density at radius 1 is 0.812 bits per heavy atom. The van der Waals surface area contributed by atoms with Crippen molar-refractivity contribution < 1.29 is 26.4 Å². The molecule has 2 aliphatic rings. The van der Waals surface area contributed by atoms with Gasteiger partial charge >= 0.3 is 0 Å². The van der Waals surface area contributed by atoms with Crippen molar-refractivity contribution in [2.24, 2.45) is 0 Å². The van der Waals surface area contributed by atoms with Gasteiger partial charge in [0.25, 0.3) is 5.91 Å². The highest BCUT2D eigenvalue weighted by molar-refractivity contribution is 7.89. The van der Waals surface area contributed by atoms with Crippen LogP contribution >= 0.6 is 0 Å². The molecular weight excluding hydrogens is 443 g/mol. The number of hydrogen-bond acceptors (Lipinski definition) is 4. The number of amides is 1. The zero-order chi connectivity index (χ0) is 22.9. The van der Waals surface area contributed by atoms with Crippen molar-refractivity contribution in [3.05, 3.63) is 53.3 Å². The molecule has 6 nitrogen and oxygen atoms in total. The highest BCUT2D eigenvalue weighted by Crippen LogP contribution is 2.30. The fraction of sp³-hybridized carbons (Fsp3) is 0.409. The first-order valence-corrected chi connectivity index (χ1v) is 12.1. The quantitative estimate of drug-likeness (QED) is 0.672. The molecule has 2 aromatic carbocycles. The molecule has 2 heterocycles. The molecule has 0 spiro atoms. The molecule has 0 aromatic heterocycles. The Hall–Kier alpha value is -2.59. The van der Waals surface area contributed by atoms with Gasteiger partial charge in [0.15, 0.2) is 11.6 Å². The number of halogens is 3. The van der Waals surface area contributed by atoms with E-state index in [1.54, 1.807) is 6.07 Å². The van der Waals surface area contributed by atoms with Crippen LogP contribution in [0.25, 0.3) is 0 Å². The third-order valence-corrected chi connectivity index (χ3v) is 7.77. The zero-order valence-corrected chi connectivity index (χ0v) is 18.2. The smallest absolute Gasteiger partial charge is 0.257 e. The van der Waals surface area contributed by atoms with Crippen LogP contribution in [0, 0.1) is 17.5 Å². The number of anilines is 2. The third kappa shape index (κ3) is 4.47. The molecule has 172 valence electrons. The first-order chi connectivity index (χ1) is 15.3. The Bertz CT molecular complexity index is 1130. The lowest BCUT2D eigenvalue weighted by atomic mass is 10.1. The van der Waals surface area contributed by atoms with Crippen molar-refractivity contribution in [1.82, 2.24) is 4.31 Å². The van der Waals surface area contributed by atoms with Gasteiger partial charge in [0, 0.05) is 44.0 Å². The maximum absolute atomic E-state index is 14.1. The summed E-state index contributed by atoms with van der Waals surface area (Å²) in [4.78, 5) is 15.0. The maximum atomic E-state index is 14.1. The summed E-state index contributed by atoms with van der Waals surface area (Å²) in [5, 5.41) is 2.26. The molecular formula is C22H24F3N3O3S. The first kappa shape index (κ1) is 22.6. The van der Waals surface area contributed by atoms with E-state index in [9.17, 15) is 26.4 Å². The van der Waals surface area contributed by atoms with Crippen LogP contribution in [-0.2, 0) is 10.0 Å². The minimum atomic E-state index is -3.80. The molecule has 0 aliphatic carbocycles. The Labute approximate surface area is 185 Å². The molecule has 4 rings (SSSR count). The lowest BCUT2D eigenvalue weighted by Gasteiger charge is -2.27. The molecule has 0 saturated carbocycles. The lowest BCUT2D eigenvalue weighted by molar-refractivity contribution is 0.102. The van der Waals surface area contributed by atoms with E-state index in [2.05, 4.69) is 5.32 Å². The largest absolute Gasteiger partial charge is 0.371 e. The summed E-state index contributed by atoms with van der Waals surface area (Å²) in [6, 6.07) is 5.26. The van der Waals surface area contributed by atoms with Crippen molar-refractivity contribution in [3.8, 4) is 0 Å².